The molecule has 0 radical (unpaired) electrons. The molecule has 4 rings (SSSR count). The van der Waals surface area contributed by atoms with Crippen LogP contribution in [0.5, 0.6) is 0 Å². The second-order valence-electron chi connectivity index (χ2n) is 9.05. The molecule has 1 fully saturated rings. The van der Waals surface area contributed by atoms with Gasteiger partial charge in [-0.05, 0) is 70.4 Å². The van der Waals surface area contributed by atoms with Crippen LogP contribution in [0.3, 0.4) is 0 Å². The summed E-state index contributed by atoms with van der Waals surface area (Å²) in [5.74, 6) is -1.18. The molecule has 170 valence electrons. The first-order valence-corrected chi connectivity index (χ1v) is 12.0. The number of nitrogens with zero attached hydrogens (tertiary/aromatic N) is 2. The van der Waals surface area contributed by atoms with Crippen LogP contribution in [0, 0.1) is 12.7 Å². The van der Waals surface area contributed by atoms with Gasteiger partial charge in [0.05, 0.1) is 5.02 Å². The lowest BCUT2D eigenvalue weighted by Gasteiger charge is -2.45. The third-order valence-corrected chi connectivity index (χ3v) is 10.3. The summed E-state index contributed by atoms with van der Waals surface area (Å²) in [5.41, 5.74) is 5.77. The molecule has 1 saturated carbocycles. The van der Waals surface area contributed by atoms with E-state index in [2.05, 4.69) is 15.3 Å². The summed E-state index contributed by atoms with van der Waals surface area (Å²) in [6.45, 7) is 6.34. The van der Waals surface area contributed by atoms with Gasteiger partial charge >= 0.3 is 0 Å². The molecule has 10 heteroatoms. The minimum atomic E-state index is -3.77. The molecule has 1 aromatic carbocycles. The number of benzene rings is 1. The maximum absolute atomic E-state index is 15.1. The number of pyridine rings is 1. The first kappa shape index (κ1) is 22.7. The van der Waals surface area contributed by atoms with Crippen molar-refractivity contribution in [2.24, 2.45) is 10.7 Å². The zero-order valence-corrected chi connectivity index (χ0v) is 19.7. The fraction of sp³-hybridized carbons (Fsp3) is 0.409. The molecule has 1 atom stereocenters. The van der Waals surface area contributed by atoms with Crippen molar-refractivity contribution >= 4 is 38.9 Å². The zero-order chi connectivity index (χ0) is 23.7. The molecule has 2 aliphatic rings. The fourth-order valence-corrected chi connectivity index (χ4v) is 7.31. The number of aliphatic imine (C=N–C) groups is 1. The third kappa shape index (κ3) is 2.97. The number of nitrogens with one attached hydrogen (secondary N) is 1. The minimum Gasteiger partial charge on any atom is -0.386 e. The van der Waals surface area contributed by atoms with E-state index in [-0.39, 0.29) is 22.8 Å². The normalized spacial score (nSPS) is 24.6. The minimum absolute atomic E-state index is 0.0626. The van der Waals surface area contributed by atoms with Crippen LogP contribution in [0.1, 0.15) is 55.2 Å². The zero-order valence-electron chi connectivity index (χ0n) is 18.2. The van der Waals surface area contributed by atoms with E-state index < -0.39 is 36.6 Å². The lowest BCUT2D eigenvalue weighted by atomic mass is 9.85. The number of amidine groups is 1. The lowest BCUT2D eigenvalue weighted by Crippen LogP contribution is -2.61. The number of hydrogen-bond acceptors (Lipinski definition) is 6. The van der Waals surface area contributed by atoms with E-state index in [1.165, 1.54) is 38.2 Å². The predicted octanol–water partition coefficient (Wildman–Crippen LogP) is 3.75. The van der Waals surface area contributed by atoms with Gasteiger partial charge in [-0.1, -0.05) is 11.6 Å². The van der Waals surface area contributed by atoms with E-state index in [1.807, 2.05) is 0 Å². The standard InChI is InChI=1S/C22H24ClFN4O3S/c1-12-9-13(23)11-26-17(12)18(29)27-14-5-6-16(24)15(10-14)21(4)22(7-8-22)32(30,31)20(2,3)19(25)28-21/h5-6,9-11H,7-8H2,1-4H3,(H2,25,28)(H,27,29)/t21-/m1/s1. The van der Waals surface area contributed by atoms with Gasteiger partial charge in [-0.2, -0.15) is 0 Å². The Hall–Kier alpha value is -2.52. The van der Waals surface area contributed by atoms with Crippen LogP contribution in [-0.2, 0) is 15.4 Å². The van der Waals surface area contributed by atoms with Crippen molar-refractivity contribution < 1.29 is 17.6 Å². The molecule has 3 N–H and O–H groups in total. The van der Waals surface area contributed by atoms with E-state index in [0.717, 1.165) is 0 Å². The Morgan fingerprint density at radius 1 is 1.22 bits per heavy atom. The van der Waals surface area contributed by atoms with Crippen LogP contribution in [0.25, 0.3) is 0 Å². The van der Waals surface area contributed by atoms with Crippen molar-refractivity contribution in [3.63, 3.8) is 0 Å². The average molecular weight is 479 g/mol. The first-order valence-electron chi connectivity index (χ1n) is 10.1. The van der Waals surface area contributed by atoms with Gasteiger partial charge < -0.3 is 11.1 Å². The maximum Gasteiger partial charge on any atom is 0.274 e. The van der Waals surface area contributed by atoms with Crippen LogP contribution in [0.2, 0.25) is 5.02 Å². The van der Waals surface area contributed by atoms with Gasteiger partial charge in [0.25, 0.3) is 5.91 Å². The molecule has 2 aromatic rings. The van der Waals surface area contributed by atoms with Crippen molar-refractivity contribution in [3.8, 4) is 0 Å². The highest BCUT2D eigenvalue weighted by atomic mass is 35.5. The quantitative estimate of drug-likeness (QED) is 0.697. The van der Waals surface area contributed by atoms with Crippen molar-refractivity contribution in [1.82, 2.24) is 4.98 Å². The summed E-state index contributed by atoms with van der Waals surface area (Å²) in [7, 11) is -3.77. The SMILES string of the molecule is Cc1cc(Cl)cnc1C(=O)Nc1ccc(F)c([C@@]2(C)N=C(N)C(C)(C)S(=O)(=O)C23CC3)c1. The Bertz CT molecular complexity index is 1290. The number of aryl methyl sites for hydroxylation is 1. The number of nitrogens with two attached hydrogens (primary N) is 1. The molecule has 0 bridgehead atoms. The number of anilines is 1. The summed E-state index contributed by atoms with van der Waals surface area (Å²) in [4.78, 5) is 21.3. The van der Waals surface area contributed by atoms with E-state index in [0.29, 0.717) is 23.4 Å². The van der Waals surface area contributed by atoms with Gasteiger partial charge in [0.2, 0.25) is 0 Å². The molecule has 1 amide bonds. The molecule has 1 spiro atoms. The molecule has 1 aliphatic carbocycles. The molecular formula is C22H24ClFN4O3S. The highest BCUT2D eigenvalue weighted by Crippen LogP contribution is 2.62. The summed E-state index contributed by atoms with van der Waals surface area (Å²) in [5, 5.41) is 3.10. The topological polar surface area (TPSA) is 115 Å². The molecular weight excluding hydrogens is 455 g/mol. The number of carbonyl (C=O) groups is 1. The van der Waals surface area contributed by atoms with Crippen molar-refractivity contribution in [3.05, 3.63) is 58.1 Å². The molecule has 2 heterocycles. The molecule has 0 unspecified atom stereocenters. The molecule has 32 heavy (non-hydrogen) atoms. The first-order chi connectivity index (χ1) is 14.8. The summed E-state index contributed by atoms with van der Waals surface area (Å²) in [6.07, 6.45) is 2.08. The summed E-state index contributed by atoms with van der Waals surface area (Å²) in [6, 6.07) is 5.62. The Balaban J connectivity index is 1.78. The van der Waals surface area contributed by atoms with Crippen LogP contribution in [0.4, 0.5) is 10.1 Å². The predicted molar refractivity (Wildman–Crippen MR) is 122 cm³/mol. The summed E-state index contributed by atoms with van der Waals surface area (Å²) < 4.78 is 39.4. The number of halogens is 2. The number of carbonyl (C=O) groups excluding carboxylic acids is 1. The number of sulfone groups is 1. The lowest BCUT2D eigenvalue weighted by molar-refractivity contribution is 0.102. The van der Waals surface area contributed by atoms with Gasteiger partial charge in [0, 0.05) is 17.4 Å². The van der Waals surface area contributed by atoms with Crippen molar-refractivity contribution in [2.75, 3.05) is 5.32 Å². The fourth-order valence-electron chi connectivity index (χ4n) is 4.48. The van der Waals surface area contributed by atoms with Crippen LogP contribution < -0.4 is 11.1 Å². The van der Waals surface area contributed by atoms with Crippen LogP contribution >= 0.6 is 11.6 Å². The number of aromatic nitrogens is 1. The van der Waals surface area contributed by atoms with Gasteiger partial charge in [0.15, 0.2) is 9.84 Å². The third-order valence-electron chi connectivity index (χ3n) is 6.75. The highest BCUT2D eigenvalue weighted by Gasteiger charge is 2.73. The van der Waals surface area contributed by atoms with E-state index in [4.69, 9.17) is 17.3 Å². The van der Waals surface area contributed by atoms with E-state index in [9.17, 15) is 13.2 Å². The Morgan fingerprint density at radius 3 is 2.47 bits per heavy atom. The highest BCUT2D eigenvalue weighted by molar-refractivity contribution is 7.95. The smallest absolute Gasteiger partial charge is 0.274 e. The average Bonchev–Trinajstić information content (AvgIpc) is 3.51. The van der Waals surface area contributed by atoms with Gasteiger partial charge in [0.1, 0.15) is 32.4 Å². The van der Waals surface area contributed by atoms with Gasteiger partial charge in [-0.25, -0.2) is 17.8 Å². The molecule has 0 saturated heterocycles. The Morgan fingerprint density at radius 2 is 1.88 bits per heavy atom. The Labute approximate surface area is 191 Å². The van der Waals surface area contributed by atoms with E-state index in [1.54, 1.807) is 19.9 Å². The monoisotopic (exact) mass is 478 g/mol. The van der Waals surface area contributed by atoms with E-state index >= 15 is 4.39 Å². The second kappa shape index (κ2) is 6.99. The maximum atomic E-state index is 15.1. The molecule has 1 aliphatic heterocycles. The van der Waals surface area contributed by atoms with Gasteiger partial charge in [-0.15, -0.1) is 0 Å². The van der Waals surface area contributed by atoms with Gasteiger partial charge in [-0.3, -0.25) is 9.79 Å². The molecule has 1 aromatic heterocycles. The van der Waals surface area contributed by atoms with Crippen molar-refractivity contribution in [2.45, 2.75) is 55.6 Å². The summed E-state index contributed by atoms with van der Waals surface area (Å²) >= 11 is 5.90. The molecule has 7 nitrogen and oxygen atoms in total. The van der Waals surface area contributed by atoms with Crippen LogP contribution in [-0.4, -0.2) is 34.6 Å². The number of hydrogen-bond donors (Lipinski definition) is 2. The van der Waals surface area contributed by atoms with Crippen molar-refractivity contribution in [1.29, 1.82) is 0 Å². The van der Waals surface area contributed by atoms with Crippen LogP contribution in [0.15, 0.2) is 35.5 Å². The number of amides is 1. The number of rotatable bonds is 3. The Kier molecular flexibility index (Phi) is 4.95. The largest absolute Gasteiger partial charge is 0.386 e. The second-order valence-corrected chi connectivity index (χ2v) is 12.3.